The molecule has 2 aromatic carbocycles. The first kappa shape index (κ1) is 22.5. The van der Waals surface area contributed by atoms with Gasteiger partial charge in [0, 0.05) is 16.9 Å². The summed E-state index contributed by atoms with van der Waals surface area (Å²) in [6.07, 6.45) is 1.17. The quantitative estimate of drug-likeness (QED) is 0.158. The fourth-order valence-electron chi connectivity index (χ4n) is 2.56. The summed E-state index contributed by atoms with van der Waals surface area (Å²) in [5.74, 6) is -1.35. The zero-order valence-electron chi connectivity index (χ0n) is 16.2. The molecule has 0 radical (unpaired) electrons. The van der Waals surface area contributed by atoms with Crippen molar-refractivity contribution in [2.75, 3.05) is 20.3 Å². The van der Waals surface area contributed by atoms with Crippen molar-refractivity contribution in [3.63, 3.8) is 0 Å². The molecule has 1 unspecified atom stereocenters. The molecule has 0 aliphatic heterocycles. The summed E-state index contributed by atoms with van der Waals surface area (Å²) in [5.41, 5.74) is 0. The molecule has 0 bridgehead atoms. The molecule has 0 saturated heterocycles. The van der Waals surface area contributed by atoms with Gasteiger partial charge in [0.15, 0.2) is 0 Å². The molecule has 150 valence electrons. The first-order valence-electron chi connectivity index (χ1n) is 9.19. The lowest BCUT2D eigenvalue weighted by molar-refractivity contribution is -0.153. The maximum Gasteiger partial charge on any atom is 0.316 e. The lowest BCUT2D eigenvalue weighted by Gasteiger charge is -2.19. The molecule has 0 heterocycles. The molecule has 0 amide bonds. The van der Waals surface area contributed by atoms with Crippen molar-refractivity contribution in [3.05, 3.63) is 60.7 Å². The minimum Gasteiger partial charge on any atom is -0.463 e. The summed E-state index contributed by atoms with van der Waals surface area (Å²) < 4.78 is 10.3. The van der Waals surface area contributed by atoms with Crippen LogP contribution in [0.15, 0.2) is 70.5 Å². The number of ketones is 1. The van der Waals surface area contributed by atoms with Gasteiger partial charge in [0.2, 0.25) is 0 Å². The summed E-state index contributed by atoms with van der Waals surface area (Å²) in [7, 11) is 1.54. The zero-order valence-corrected chi connectivity index (χ0v) is 17.8. The van der Waals surface area contributed by atoms with Gasteiger partial charge >= 0.3 is 5.97 Å². The highest BCUT2D eigenvalue weighted by Gasteiger charge is 2.26. The fraction of sp³-hybridized carbons (Fsp3) is 0.364. The van der Waals surface area contributed by atoms with E-state index in [-0.39, 0.29) is 17.0 Å². The zero-order chi connectivity index (χ0) is 20.2. The first-order valence-corrected chi connectivity index (χ1v) is 11.0. The van der Waals surface area contributed by atoms with Crippen molar-refractivity contribution >= 4 is 35.3 Å². The summed E-state index contributed by atoms with van der Waals surface area (Å²) in [6, 6.07) is 20.3. The average molecular weight is 419 g/mol. The second kappa shape index (κ2) is 12.6. The van der Waals surface area contributed by atoms with Crippen LogP contribution in [-0.4, -0.2) is 36.7 Å². The third-order valence-electron chi connectivity index (χ3n) is 4.02. The highest BCUT2D eigenvalue weighted by molar-refractivity contribution is 8.17. The summed E-state index contributed by atoms with van der Waals surface area (Å²) in [6.45, 7) is 1.94. The Hall–Kier alpha value is -1.76. The number of benzene rings is 2. The highest BCUT2D eigenvalue weighted by atomic mass is 32.2. The van der Waals surface area contributed by atoms with Gasteiger partial charge in [-0.15, -0.1) is 23.5 Å². The molecule has 28 heavy (non-hydrogen) atoms. The van der Waals surface area contributed by atoms with Gasteiger partial charge in [-0.1, -0.05) is 36.4 Å². The molecule has 2 aromatic rings. The van der Waals surface area contributed by atoms with Crippen LogP contribution in [0.1, 0.15) is 19.8 Å². The van der Waals surface area contributed by atoms with E-state index in [1.807, 2.05) is 36.4 Å². The van der Waals surface area contributed by atoms with Gasteiger partial charge in [-0.05, 0) is 44.0 Å². The molecule has 0 fully saturated rings. The number of thioether (sulfide) groups is 2. The van der Waals surface area contributed by atoms with Crippen LogP contribution in [0, 0.1) is 5.92 Å². The van der Waals surface area contributed by atoms with E-state index < -0.39 is 11.9 Å². The summed E-state index contributed by atoms with van der Waals surface area (Å²) in [4.78, 5) is 26.6. The molecule has 0 aliphatic rings. The van der Waals surface area contributed by atoms with Crippen LogP contribution in [0.3, 0.4) is 0 Å². The molecule has 1 atom stereocenters. The number of hydrogen-bond donors (Lipinski definition) is 0. The number of Topliss-reactive ketones (excluding diaryl/α,β-unsaturated/α-hetero) is 1. The normalized spacial score (nSPS) is 12.0. The van der Waals surface area contributed by atoms with Crippen molar-refractivity contribution in [1.29, 1.82) is 0 Å². The van der Waals surface area contributed by atoms with E-state index in [9.17, 15) is 9.59 Å². The van der Waals surface area contributed by atoms with Gasteiger partial charge in [-0.25, -0.2) is 0 Å². The molecule has 0 aliphatic carbocycles. The van der Waals surface area contributed by atoms with E-state index >= 15 is 0 Å². The number of rotatable bonds is 12. The lowest BCUT2D eigenvalue weighted by Crippen LogP contribution is -2.26. The van der Waals surface area contributed by atoms with Gasteiger partial charge in [-0.2, -0.15) is 0 Å². The molecule has 0 spiro atoms. The van der Waals surface area contributed by atoms with Gasteiger partial charge in [-0.3, -0.25) is 9.59 Å². The predicted molar refractivity (Wildman–Crippen MR) is 115 cm³/mol. The molecule has 6 heteroatoms. The largest absolute Gasteiger partial charge is 0.463 e. The summed E-state index contributed by atoms with van der Waals surface area (Å²) >= 11 is 3.50. The third kappa shape index (κ3) is 8.09. The first-order chi connectivity index (χ1) is 13.6. The Labute approximate surface area is 175 Å². The van der Waals surface area contributed by atoms with Crippen molar-refractivity contribution in [1.82, 2.24) is 0 Å². The second-order valence-electron chi connectivity index (χ2n) is 6.19. The smallest absolute Gasteiger partial charge is 0.316 e. The Morgan fingerprint density at radius 2 is 1.39 bits per heavy atom. The second-order valence-corrected chi connectivity index (χ2v) is 9.04. The Bertz CT molecular complexity index is 680. The van der Waals surface area contributed by atoms with Gasteiger partial charge < -0.3 is 9.47 Å². The van der Waals surface area contributed by atoms with E-state index in [1.165, 1.54) is 6.92 Å². The molecule has 0 saturated carbocycles. The summed E-state index contributed by atoms with van der Waals surface area (Å²) in [5, 5.41) is 0. The van der Waals surface area contributed by atoms with Crippen LogP contribution >= 0.6 is 23.5 Å². The number of esters is 1. The van der Waals surface area contributed by atoms with Crippen molar-refractivity contribution in [2.24, 2.45) is 5.92 Å². The molecule has 0 aromatic heterocycles. The van der Waals surface area contributed by atoms with Crippen molar-refractivity contribution in [2.45, 2.75) is 34.1 Å². The number of carbonyl (C=O) groups excluding carboxylic acids is 2. The Balaban J connectivity index is 2.02. The molecular weight excluding hydrogens is 392 g/mol. The van der Waals surface area contributed by atoms with Crippen LogP contribution in [0.5, 0.6) is 0 Å². The topological polar surface area (TPSA) is 52.6 Å². The van der Waals surface area contributed by atoms with Crippen LogP contribution in [0.4, 0.5) is 0 Å². The fourth-order valence-corrected chi connectivity index (χ4v) is 5.16. The maximum atomic E-state index is 12.3. The number of hydrogen-bond acceptors (Lipinski definition) is 6. The molecule has 4 nitrogen and oxygen atoms in total. The van der Waals surface area contributed by atoms with Gasteiger partial charge in [0.05, 0.1) is 11.2 Å². The minimum atomic E-state index is -0.730. The van der Waals surface area contributed by atoms with Gasteiger partial charge in [0.1, 0.15) is 18.3 Å². The van der Waals surface area contributed by atoms with Crippen LogP contribution < -0.4 is 0 Å². The Morgan fingerprint density at radius 1 is 0.857 bits per heavy atom. The van der Waals surface area contributed by atoms with E-state index in [1.54, 1.807) is 30.6 Å². The number of methoxy groups -OCH3 is 1. The van der Waals surface area contributed by atoms with E-state index in [0.717, 1.165) is 9.79 Å². The van der Waals surface area contributed by atoms with E-state index in [2.05, 4.69) is 24.3 Å². The van der Waals surface area contributed by atoms with Crippen LogP contribution in [-0.2, 0) is 19.1 Å². The van der Waals surface area contributed by atoms with Crippen molar-refractivity contribution in [3.8, 4) is 0 Å². The van der Waals surface area contributed by atoms with Crippen molar-refractivity contribution < 1.29 is 19.1 Å². The molecule has 2 rings (SSSR count). The lowest BCUT2D eigenvalue weighted by atomic mass is 10.00. The van der Waals surface area contributed by atoms with Crippen LogP contribution in [0.25, 0.3) is 0 Å². The van der Waals surface area contributed by atoms with E-state index in [0.29, 0.717) is 19.4 Å². The van der Waals surface area contributed by atoms with Gasteiger partial charge in [0.25, 0.3) is 0 Å². The monoisotopic (exact) mass is 418 g/mol. The average Bonchev–Trinajstić information content (AvgIpc) is 2.69. The minimum absolute atomic E-state index is 0.157. The molecular formula is C22H26O4S2. The molecule has 0 N–H and O–H groups in total. The van der Waals surface area contributed by atoms with Crippen LogP contribution in [0.2, 0.25) is 0 Å². The number of ether oxygens (including phenoxy) is 2. The number of carbonyl (C=O) groups is 2. The van der Waals surface area contributed by atoms with E-state index in [4.69, 9.17) is 9.47 Å². The SMILES string of the molecule is COCCOC(=O)C(CCC(Sc1ccccc1)Sc1ccccc1)C(C)=O. The Kier molecular flexibility index (Phi) is 10.2. The third-order valence-corrected chi connectivity index (χ3v) is 6.68. The Morgan fingerprint density at radius 3 is 1.86 bits per heavy atom. The standard InChI is InChI=1S/C22H26O4S2/c1-17(23)20(22(24)26-16-15-25-2)13-14-21(27-18-9-5-3-6-10-18)28-19-11-7-4-8-12-19/h3-12,20-21H,13-16H2,1-2H3. The predicted octanol–water partition coefficient (Wildman–Crippen LogP) is 5.07. The maximum absolute atomic E-state index is 12.3. The highest BCUT2D eigenvalue weighted by Crippen LogP contribution is 2.38.